The van der Waals surface area contributed by atoms with Crippen LogP contribution >= 0.6 is 0 Å². The topological polar surface area (TPSA) is 64.9 Å². The molecule has 0 aliphatic heterocycles. The molecule has 96 valence electrons. The van der Waals surface area contributed by atoms with Crippen molar-refractivity contribution in [2.75, 3.05) is 5.73 Å². The van der Waals surface area contributed by atoms with Gasteiger partial charge in [-0.3, -0.25) is 0 Å². The largest absolute Gasteiger partial charge is 0.408 e. The van der Waals surface area contributed by atoms with Gasteiger partial charge in [0.1, 0.15) is 0 Å². The standard InChI is InChI=1S/C14H19N3O/c1-9(2)8-11-4-6-12(7-5-11)10(3)13-16-17-14(15)18-13/h4-7,9-10H,8H2,1-3H3,(H2,15,17). The van der Waals surface area contributed by atoms with Crippen LogP contribution in [0.2, 0.25) is 0 Å². The van der Waals surface area contributed by atoms with Gasteiger partial charge in [0.2, 0.25) is 5.89 Å². The summed E-state index contributed by atoms with van der Waals surface area (Å²) in [6, 6.07) is 8.66. The lowest BCUT2D eigenvalue weighted by Crippen LogP contribution is -1.98. The maximum atomic E-state index is 5.43. The molecular weight excluding hydrogens is 226 g/mol. The number of aromatic nitrogens is 2. The molecule has 1 aromatic carbocycles. The molecule has 0 saturated heterocycles. The summed E-state index contributed by atoms with van der Waals surface area (Å²) in [4.78, 5) is 0. The Morgan fingerprint density at radius 3 is 2.28 bits per heavy atom. The molecule has 0 fully saturated rings. The molecule has 4 heteroatoms. The zero-order chi connectivity index (χ0) is 13.1. The van der Waals surface area contributed by atoms with Crippen molar-refractivity contribution in [1.29, 1.82) is 0 Å². The van der Waals surface area contributed by atoms with Gasteiger partial charge in [0.25, 0.3) is 0 Å². The van der Waals surface area contributed by atoms with Gasteiger partial charge in [0.05, 0.1) is 5.92 Å². The van der Waals surface area contributed by atoms with Gasteiger partial charge in [0.15, 0.2) is 0 Å². The lowest BCUT2D eigenvalue weighted by Gasteiger charge is -2.09. The van der Waals surface area contributed by atoms with Crippen molar-refractivity contribution in [3.8, 4) is 0 Å². The minimum atomic E-state index is 0.0721. The predicted molar refractivity (Wildman–Crippen MR) is 71.2 cm³/mol. The Morgan fingerprint density at radius 1 is 1.11 bits per heavy atom. The average Bonchev–Trinajstić information content (AvgIpc) is 2.75. The number of hydrogen-bond donors (Lipinski definition) is 1. The molecular formula is C14H19N3O. The van der Waals surface area contributed by atoms with Gasteiger partial charge in [0, 0.05) is 0 Å². The molecule has 1 heterocycles. The van der Waals surface area contributed by atoms with Crippen LogP contribution in [-0.4, -0.2) is 10.2 Å². The molecule has 0 saturated carbocycles. The molecule has 1 atom stereocenters. The van der Waals surface area contributed by atoms with E-state index < -0.39 is 0 Å². The Labute approximate surface area is 107 Å². The highest BCUT2D eigenvalue weighted by molar-refractivity contribution is 5.28. The van der Waals surface area contributed by atoms with Crippen LogP contribution in [0.1, 0.15) is 43.7 Å². The summed E-state index contributed by atoms with van der Waals surface area (Å²) in [5, 5.41) is 7.60. The fourth-order valence-electron chi connectivity index (χ4n) is 1.98. The number of nitrogens with two attached hydrogens (primary N) is 1. The highest BCUT2D eigenvalue weighted by Crippen LogP contribution is 2.24. The van der Waals surface area contributed by atoms with E-state index >= 15 is 0 Å². The van der Waals surface area contributed by atoms with Crippen LogP contribution in [-0.2, 0) is 6.42 Å². The molecule has 1 unspecified atom stereocenters. The van der Waals surface area contributed by atoms with Crippen LogP contribution in [0, 0.1) is 5.92 Å². The molecule has 0 amide bonds. The van der Waals surface area contributed by atoms with Crippen molar-refractivity contribution in [2.24, 2.45) is 5.92 Å². The molecule has 4 nitrogen and oxygen atoms in total. The first-order valence-electron chi connectivity index (χ1n) is 6.24. The molecule has 18 heavy (non-hydrogen) atoms. The summed E-state index contributed by atoms with van der Waals surface area (Å²) in [6.45, 7) is 6.47. The lowest BCUT2D eigenvalue weighted by molar-refractivity contribution is 0.494. The zero-order valence-corrected chi connectivity index (χ0v) is 11.1. The van der Waals surface area contributed by atoms with Gasteiger partial charge in [-0.2, -0.15) is 0 Å². The van der Waals surface area contributed by atoms with E-state index in [9.17, 15) is 0 Å². The number of anilines is 1. The van der Waals surface area contributed by atoms with Gasteiger partial charge in [-0.15, -0.1) is 5.10 Å². The Balaban J connectivity index is 2.14. The van der Waals surface area contributed by atoms with Gasteiger partial charge in [-0.05, 0) is 30.4 Å². The summed E-state index contributed by atoms with van der Waals surface area (Å²) < 4.78 is 5.25. The van der Waals surface area contributed by atoms with Crippen molar-refractivity contribution in [3.63, 3.8) is 0 Å². The van der Waals surface area contributed by atoms with Crippen LogP contribution in [0.5, 0.6) is 0 Å². The van der Waals surface area contributed by atoms with E-state index in [1.807, 2.05) is 6.92 Å². The predicted octanol–water partition coefficient (Wildman–Crippen LogP) is 3.00. The summed E-state index contributed by atoms with van der Waals surface area (Å²) in [5.41, 5.74) is 7.94. The molecule has 0 spiro atoms. The Morgan fingerprint density at radius 2 is 1.78 bits per heavy atom. The first-order chi connectivity index (χ1) is 8.56. The first kappa shape index (κ1) is 12.6. The summed E-state index contributed by atoms with van der Waals surface area (Å²) in [5.74, 6) is 1.30. The van der Waals surface area contributed by atoms with Gasteiger partial charge >= 0.3 is 6.01 Å². The summed E-state index contributed by atoms with van der Waals surface area (Å²) in [7, 11) is 0. The second-order valence-electron chi connectivity index (χ2n) is 5.04. The average molecular weight is 245 g/mol. The molecule has 0 aliphatic carbocycles. The van der Waals surface area contributed by atoms with E-state index in [1.165, 1.54) is 5.56 Å². The minimum Gasteiger partial charge on any atom is -0.408 e. The molecule has 2 aromatic rings. The second-order valence-corrected chi connectivity index (χ2v) is 5.04. The van der Waals surface area contributed by atoms with E-state index in [0.717, 1.165) is 12.0 Å². The third kappa shape index (κ3) is 2.88. The lowest BCUT2D eigenvalue weighted by atomic mass is 9.97. The zero-order valence-electron chi connectivity index (χ0n) is 11.1. The summed E-state index contributed by atoms with van der Waals surface area (Å²) >= 11 is 0. The van der Waals surface area contributed by atoms with Crippen LogP contribution < -0.4 is 5.73 Å². The van der Waals surface area contributed by atoms with E-state index in [2.05, 4.69) is 48.3 Å². The number of benzene rings is 1. The highest BCUT2D eigenvalue weighted by atomic mass is 16.4. The molecule has 1 aromatic heterocycles. The smallest absolute Gasteiger partial charge is 0.312 e. The molecule has 0 bridgehead atoms. The minimum absolute atomic E-state index is 0.0721. The SMILES string of the molecule is CC(C)Cc1ccc(C(C)c2nnc(N)o2)cc1. The third-order valence-electron chi connectivity index (χ3n) is 2.95. The summed E-state index contributed by atoms with van der Waals surface area (Å²) in [6.07, 6.45) is 1.10. The Bertz CT molecular complexity index is 502. The maximum Gasteiger partial charge on any atom is 0.312 e. The normalized spacial score (nSPS) is 12.9. The van der Waals surface area contributed by atoms with Crippen molar-refractivity contribution in [2.45, 2.75) is 33.1 Å². The molecule has 2 N–H and O–H groups in total. The first-order valence-corrected chi connectivity index (χ1v) is 6.24. The van der Waals surface area contributed by atoms with E-state index in [-0.39, 0.29) is 11.9 Å². The van der Waals surface area contributed by atoms with E-state index in [4.69, 9.17) is 10.2 Å². The van der Waals surface area contributed by atoms with E-state index in [0.29, 0.717) is 11.8 Å². The molecule has 2 rings (SSSR count). The quantitative estimate of drug-likeness (QED) is 0.899. The number of nitrogens with zero attached hydrogens (tertiary/aromatic N) is 2. The van der Waals surface area contributed by atoms with E-state index in [1.54, 1.807) is 0 Å². The fourth-order valence-corrected chi connectivity index (χ4v) is 1.98. The van der Waals surface area contributed by atoms with Crippen LogP contribution in [0.3, 0.4) is 0 Å². The Kier molecular flexibility index (Phi) is 3.65. The Hall–Kier alpha value is -1.84. The highest BCUT2D eigenvalue weighted by Gasteiger charge is 2.15. The number of hydrogen-bond acceptors (Lipinski definition) is 4. The van der Waals surface area contributed by atoms with Crippen molar-refractivity contribution in [1.82, 2.24) is 10.2 Å². The van der Waals surface area contributed by atoms with Crippen molar-refractivity contribution < 1.29 is 4.42 Å². The van der Waals surface area contributed by atoms with Crippen molar-refractivity contribution >= 4 is 6.01 Å². The monoisotopic (exact) mass is 245 g/mol. The van der Waals surface area contributed by atoms with Crippen LogP contribution in [0.15, 0.2) is 28.7 Å². The molecule has 0 aliphatic rings. The third-order valence-corrected chi connectivity index (χ3v) is 2.95. The van der Waals surface area contributed by atoms with Crippen molar-refractivity contribution in [3.05, 3.63) is 41.3 Å². The van der Waals surface area contributed by atoms with Gasteiger partial charge < -0.3 is 10.2 Å². The number of nitrogen functional groups attached to an aromatic ring is 1. The second kappa shape index (κ2) is 5.21. The van der Waals surface area contributed by atoms with Gasteiger partial charge in [-0.25, -0.2) is 0 Å². The van der Waals surface area contributed by atoms with Crippen LogP contribution in [0.4, 0.5) is 6.01 Å². The fraction of sp³-hybridized carbons (Fsp3) is 0.429. The maximum absolute atomic E-state index is 5.43. The van der Waals surface area contributed by atoms with Crippen LogP contribution in [0.25, 0.3) is 0 Å². The molecule has 0 radical (unpaired) electrons. The van der Waals surface area contributed by atoms with Gasteiger partial charge in [-0.1, -0.05) is 43.2 Å². The number of rotatable bonds is 4.